The summed E-state index contributed by atoms with van der Waals surface area (Å²) in [6.07, 6.45) is 0. The molecular weight excluding hydrogens is 325 g/mol. The van der Waals surface area contributed by atoms with E-state index in [0.29, 0.717) is 5.56 Å². The van der Waals surface area contributed by atoms with Crippen molar-refractivity contribution in [3.63, 3.8) is 0 Å². The van der Waals surface area contributed by atoms with Crippen LogP contribution in [0.25, 0.3) is 0 Å². The van der Waals surface area contributed by atoms with Gasteiger partial charge in [-0.15, -0.1) is 0 Å². The van der Waals surface area contributed by atoms with Crippen molar-refractivity contribution in [2.24, 2.45) is 0 Å². The van der Waals surface area contributed by atoms with Crippen LogP contribution in [-0.2, 0) is 0 Å². The maximum atomic E-state index is 11.9. The molecule has 0 saturated carbocycles. The van der Waals surface area contributed by atoms with Gasteiger partial charge in [0.1, 0.15) is 0 Å². The Morgan fingerprint density at radius 2 is 1.82 bits per heavy atom. The molecule has 0 radical (unpaired) electrons. The summed E-state index contributed by atoms with van der Waals surface area (Å²) in [4.78, 5) is 11.9. The minimum Gasteiger partial charge on any atom is -0.322 e. The lowest BCUT2D eigenvalue weighted by Crippen LogP contribution is -2.11. The van der Waals surface area contributed by atoms with Gasteiger partial charge in [-0.25, -0.2) is 0 Å². The highest BCUT2D eigenvalue weighted by Crippen LogP contribution is 2.17. The summed E-state index contributed by atoms with van der Waals surface area (Å²) in [5, 5.41) is 2.88. The van der Waals surface area contributed by atoms with E-state index >= 15 is 0 Å². The van der Waals surface area contributed by atoms with Crippen LogP contribution >= 0.6 is 22.6 Å². The molecule has 0 aliphatic rings. The van der Waals surface area contributed by atoms with Crippen molar-refractivity contribution in [3.05, 3.63) is 63.2 Å². The van der Waals surface area contributed by atoms with Gasteiger partial charge in [0.25, 0.3) is 5.91 Å². The topological polar surface area (TPSA) is 29.1 Å². The van der Waals surface area contributed by atoms with Gasteiger partial charge in [0.2, 0.25) is 0 Å². The highest BCUT2D eigenvalue weighted by molar-refractivity contribution is 14.1. The van der Waals surface area contributed by atoms with Gasteiger partial charge in [-0.1, -0.05) is 18.2 Å². The maximum Gasteiger partial charge on any atom is 0.255 e. The van der Waals surface area contributed by atoms with E-state index in [1.807, 2.05) is 43.3 Å². The van der Waals surface area contributed by atoms with Gasteiger partial charge in [-0.3, -0.25) is 4.79 Å². The number of carbonyl (C=O) groups is 1. The summed E-state index contributed by atoms with van der Waals surface area (Å²) >= 11 is 2.27. The molecule has 0 aliphatic carbocycles. The number of aryl methyl sites for hydroxylation is 1. The van der Waals surface area contributed by atoms with Crippen LogP contribution < -0.4 is 5.32 Å². The molecular formula is C14H12INO. The van der Waals surface area contributed by atoms with E-state index in [9.17, 15) is 4.79 Å². The minimum absolute atomic E-state index is 0.0776. The van der Waals surface area contributed by atoms with Crippen LogP contribution in [0.2, 0.25) is 0 Å². The summed E-state index contributed by atoms with van der Waals surface area (Å²) in [5.74, 6) is -0.0776. The van der Waals surface area contributed by atoms with E-state index in [4.69, 9.17) is 0 Å². The van der Waals surface area contributed by atoms with Crippen LogP contribution in [0, 0.1) is 10.5 Å². The Kier molecular flexibility index (Phi) is 3.78. The summed E-state index contributed by atoms with van der Waals surface area (Å²) in [6, 6.07) is 15.1. The fourth-order valence-corrected chi connectivity index (χ4v) is 1.85. The molecule has 0 saturated heterocycles. The number of carbonyl (C=O) groups excluding carboxylic acids is 1. The highest BCUT2D eigenvalue weighted by Gasteiger charge is 2.05. The summed E-state index contributed by atoms with van der Waals surface area (Å²) in [5.41, 5.74) is 2.66. The first-order valence-electron chi connectivity index (χ1n) is 5.29. The molecule has 0 atom stereocenters. The Labute approximate surface area is 114 Å². The lowest BCUT2D eigenvalue weighted by Gasteiger charge is -2.07. The van der Waals surface area contributed by atoms with Crippen molar-refractivity contribution < 1.29 is 4.79 Å². The van der Waals surface area contributed by atoms with E-state index in [2.05, 4.69) is 27.9 Å². The number of amides is 1. The number of rotatable bonds is 2. The Morgan fingerprint density at radius 3 is 2.47 bits per heavy atom. The molecule has 0 unspecified atom stereocenters. The number of hydrogen-bond donors (Lipinski definition) is 1. The van der Waals surface area contributed by atoms with Crippen LogP contribution in [0.5, 0.6) is 0 Å². The summed E-state index contributed by atoms with van der Waals surface area (Å²) in [7, 11) is 0. The van der Waals surface area contributed by atoms with Crippen molar-refractivity contribution in [1.29, 1.82) is 0 Å². The third-order valence-corrected chi connectivity index (χ3v) is 3.66. The van der Waals surface area contributed by atoms with Gasteiger partial charge in [0.15, 0.2) is 0 Å². The van der Waals surface area contributed by atoms with Gasteiger partial charge in [-0.05, 0) is 65.4 Å². The number of halogens is 1. The first-order chi connectivity index (χ1) is 8.16. The standard InChI is InChI=1S/C14H12INO/c1-10-9-12(7-8-13(10)15)16-14(17)11-5-3-2-4-6-11/h2-9H,1H3,(H,16,17). The first kappa shape index (κ1) is 12.1. The average Bonchev–Trinajstić information content (AvgIpc) is 2.35. The van der Waals surface area contributed by atoms with E-state index < -0.39 is 0 Å². The zero-order valence-electron chi connectivity index (χ0n) is 9.41. The predicted octanol–water partition coefficient (Wildman–Crippen LogP) is 3.85. The highest BCUT2D eigenvalue weighted by atomic mass is 127. The quantitative estimate of drug-likeness (QED) is 0.829. The molecule has 0 bridgehead atoms. The molecule has 2 aromatic rings. The van der Waals surface area contributed by atoms with Crippen LogP contribution in [0.4, 0.5) is 5.69 Å². The monoisotopic (exact) mass is 337 g/mol. The molecule has 1 amide bonds. The molecule has 0 heterocycles. The zero-order valence-corrected chi connectivity index (χ0v) is 11.6. The largest absolute Gasteiger partial charge is 0.322 e. The molecule has 1 N–H and O–H groups in total. The lowest BCUT2D eigenvalue weighted by molar-refractivity contribution is 0.102. The first-order valence-corrected chi connectivity index (χ1v) is 6.37. The third-order valence-electron chi connectivity index (χ3n) is 2.45. The van der Waals surface area contributed by atoms with Crippen LogP contribution in [0.15, 0.2) is 48.5 Å². The van der Waals surface area contributed by atoms with Gasteiger partial charge in [-0.2, -0.15) is 0 Å². The fraction of sp³-hybridized carbons (Fsp3) is 0.0714. The molecule has 0 spiro atoms. The number of benzene rings is 2. The molecule has 0 fully saturated rings. The molecule has 86 valence electrons. The molecule has 2 rings (SSSR count). The zero-order chi connectivity index (χ0) is 12.3. The van der Waals surface area contributed by atoms with Crippen molar-refractivity contribution in [2.75, 3.05) is 5.32 Å². The molecule has 0 aromatic heterocycles. The van der Waals surface area contributed by atoms with Crippen molar-refractivity contribution in [3.8, 4) is 0 Å². The molecule has 0 aliphatic heterocycles. The molecule has 2 aromatic carbocycles. The Bertz CT molecular complexity index is 537. The van der Waals surface area contributed by atoms with Crippen LogP contribution in [0.3, 0.4) is 0 Å². The Balaban J connectivity index is 2.16. The maximum absolute atomic E-state index is 11.9. The Hall–Kier alpha value is -1.36. The van der Waals surface area contributed by atoms with Gasteiger partial charge < -0.3 is 5.32 Å². The minimum atomic E-state index is -0.0776. The van der Waals surface area contributed by atoms with E-state index in [1.165, 1.54) is 3.57 Å². The second-order valence-electron chi connectivity index (χ2n) is 3.78. The van der Waals surface area contributed by atoms with Gasteiger partial charge >= 0.3 is 0 Å². The van der Waals surface area contributed by atoms with E-state index in [-0.39, 0.29) is 5.91 Å². The Morgan fingerprint density at radius 1 is 1.12 bits per heavy atom. The normalized spacial score (nSPS) is 10.0. The average molecular weight is 337 g/mol. The smallest absolute Gasteiger partial charge is 0.255 e. The number of anilines is 1. The van der Waals surface area contributed by atoms with Crippen LogP contribution in [-0.4, -0.2) is 5.91 Å². The second-order valence-corrected chi connectivity index (χ2v) is 4.95. The summed E-state index contributed by atoms with van der Waals surface area (Å²) < 4.78 is 1.19. The summed E-state index contributed by atoms with van der Waals surface area (Å²) in [6.45, 7) is 2.03. The predicted molar refractivity (Wildman–Crippen MR) is 78.3 cm³/mol. The fourth-order valence-electron chi connectivity index (χ4n) is 1.52. The second kappa shape index (κ2) is 5.31. The van der Waals surface area contributed by atoms with E-state index in [1.54, 1.807) is 12.1 Å². The van der Waals surface area contributed by atoms with Crippen molar-refractivity contribution in [2.45, 2.75) is 6.92 Å². The number of nitrogens with one attached hydrogen (secondary N) is 1. The molecule has 3 heteroatoms. The van der Waals surface area contributed by atoms with E-state index in [0.717, 1.165) is 11.3 Å². The number of hydrogen-bond acceptors (Lipinski definition) is 1. The van der Waals surface area contributed by atoms with Crippen molar-refractivity contribution in [1.82, 2.24) is 0 Å². The molecule has 2 nitrogen and oxygen atoms in total. The third kappa shape index (κ3) is 3.06. The van der Waals surface area contributed by atoms with Gasteiger partial charge in [0, 0.05) is 14.8 Å². The van der Waals surface area contributed by atoms with Crippen molar-refractivity contribution >= 4 is 34.2 Å². The van der Waals surface area contributed by atoms with Gasteiger partial charge in [0.05, 0.1) is 0 Å². The lowest BCUT2D eigenvalue weighted by atomic mass is 10.2. The van der Waals surface area contributed by atoms with Crippen LogP contribution in [0.1, 0.15) is 15.9 Å². The molecule has 17 heavy (non-hydrogen) atoms. The SMILES string of the molecule is Cc1cc(NC(=O)c2ccccc2)ccc1I.